The molecule has 1 atom stereocenters. The molecule has 2 aromatic heterocycles. The van der Waals surface area contributed by atoms with Gasteiger partial charge in [-0.1, -0.05) is 23.9 Å². The van der Waals surface area contributed by atoms with Gasteiger partial charge in [-0.3, -0.25) is 4.98 Å². The van der Waals surface area contributed by atoms with Gasteiger partial charge in [0, 0.05) is 23.4 Å². The summed E-state index contributed by atoms with van der Waals surface area (Å²) in [6.45, 7) is 3.17. The SMILES string of the molecule is Cc1c(SCCCNCC(O)CO)ccnc1CSc1nc2ccccc2[nH]1. The fourth-order valence-electron chi connectivity index (χ4n) is 2.71. The highest BCUT2D eigenvalue weighted by Crippen LogP contribution is 2.28. The zero-order valence-electron chi connectivity index (χ0n) is 15.9. The summed E-state index contributed by atoms with van der Waals surface area (Å²) in [5.74, 6) is 1.77. The van der Waals surface area contributed by atoms with E-state index in [4.69, 9.17) is 5.11 Å². The van der Waals surface area contributed by atoms with Crippen molar-refractivity contribution in [1.29, 1.82) is 0 Å². The van der Waals surface area contributed by atoms with Gasteiger partial charge in [-0.2, -0.15) is 0 Å². The Kier molecular flexibility index (Phi) is 8.17. The number of para-hydroxylation sites is 2. The van der Waals surface area contributed by atoms with Crippen molar-refractivity contribution in [1.82, 2.24) is 20.3 Å². The molecule has 6 nitrogen and oxygen atoms in total. The Labute approximate surface area is 173 Å². The summed E-state index contributed by atoms with van der Waals surface area (Å²) >= 11 is 3.50. The van der Waals surface area contributed by atoms with Gasteiger partial charge in [0.05, 0.1) is 29.4 Å². The number of rotatable bonds is 11. The third-order valence-corrected chi connectivity index (χ3v) is 6.45. The summed E-state index contributed by atoms with van der Waals surface area (Å²) in [6, 6.07) is 10.1. The summed E-state index contributed by atoms with van der Waals surface area (Å²) in [7, 11) is 0. The van der Waals surface area contributed by atoms with Crippen molar-refractivity contribution in [3.8, 4) is 0 Å². The van der Waals surface area contributed by atoms with Gasteiger partial charge in [0.2, 0.25) is 0 Å². The predicted molar refractivity (Wildman–Crippen MR) is 116 cm³/mol. The van der Waals surface area contributed by atoms with Crippen LogP contribution in [0.15, 0.2) is 46.6 Å². The monoisotopic (exact) mass is 418 g/mol. The maximum atomic E-state index is 9.30. The molecule has 0 radical (unpaired) electrons. The molecule has 0 aliphatic rings. The lowest BCUT2D eigenvalue weighted by molar-refractivity contribution is 0.0946. The molecule has 0 bridgehead atoms. The van der Waals surface area contributed by atoms with Crippen LogP contribution in [0.25, 0.3) is 11.0 Å². The number of imidazole rings is 1. The topological polar surface area (TPSA) is 94.1 Å². The van der Waals surface area contributed by atoms with Crippen LogP contribution in [-0.2, 0) is 5.75 Å². The van der Waals surface area contributed by atoms with Gasteiger partial charge < -0.3 is 20.5 Å². The fourth-order valence-corrected chi connectivity index (χ4v) is 4.62. The van der Waals surface area contributed by atoms with Gasteiger partial charge >= 0.3 is 0 Å². The molecular formula is C20H26N4O2S2. The molecule has 3 rings (SSSR count). The van der Waals surface area contributed by atoms with E-state index in [-0.39, 0.29) is 6.61 Å². The minimum Gasteiger partial charge on any atom is -0.394 e. The van der Waals surface area contributed by atoms with E-state index in [1.54, 1.807) is 11.8 Å². The number of nitrogens with one attached hydrogen (secondary N) is 2. The molecule has 28 heavy (non-hydrogen) atoms. The van der Waals surface area contributed by atoms with Crippen LogP contribution in [0.5, 0.6) is 0 Å². The van der Waals surface area contributed by atoms with Crippen molar-refractivity contribution in [2.24, 2.45) is 0 Å². The number of aliphatic hydroxyl groups is 2. The number of pyridine rings is 1. The van der Waals surface area contributed by atoms with E-state index >= 15 is 0 Å². The van der Waals surface area contributed by atoms with E-state index in [0.29, 0.717) is 6.54 Å². The van der Waals surface area contributed by atoms with Crippen LogP contribution in [0.1, 0.15) is 17.7 Å². The normalized spacial score (nSPS) is 12.5. The fraction of sp³-hybridized carbons (Fsp3) is 0.400. The number of hydrogen-bond donors (Lipinski definition) is 4. The number of nitrogens with zero attached hydrogens (tertiary/aromatic N) is 2. The van der Waals surface area contributed by atoms with Gasteiger partial charge in [-0.25, -0.2) is 4.98 Å². The summed E-state index contributed by atoms with van der Waals surface area (Å²) < 4.78 is 0. The summed E-state index contributed by atoms with van der Waals surface area (Å²) in [6.07, 6.45) is 2.19. The van der Waals surface area contributed by atoms with Gasteiger partial charge in [0.15, 0.2) is 5.16 Å². The number of hydrogen-bond acceptors (Lipinski definition) is 7. The highest BCUT2D eigenvalue weighted by atomic mass is 32.2. The Balaban J connectivity index is 1.48. The highest BCUT2D eigenvalue weighted by Gasteiger charge is 2.09. The lowest BCUT2D eigenvalue weighted by atomic mass is 10.2. The number of fused-ring (bicyclic) bond motifs is 1. The van der Waals surface area contributed by atoms with Crippen LogP contribution in [0, 0.1) is 6.92 Å². The maximum Gasteiger partial charge on any atom is 0.166 e. The van der Waals surface area contributed by atoms with E-state index in [1.165, 1.54) is 10.5 Å². The number of aromatic nitrogens is 3. The van der Waals surface area contributed by atoms with Crippen LogP contribution < -0.4 is 5.32 Å². The van der Waals surface area contributed by atoms with Crippen molar-refractivity contribution < 1.29 is 10.2 Å². The summed E-state index contributed by atoms with van der Waals surface area (Å²) in [5, 5.41) is 22.2. The number of H-pyrrole nitrogens is 1. The molecular weight excluding hydrogens is 392 g/mol. The molecule has 0 saturated carbocycles. The Morgan fingerprint density at radius 2 is 2.07 bits per heavy atom. The van der Waals surface area contributed by atoms with Gasteiger partial charge in [0.25, 0.3) is 0 Å². The van der Waals surface area contributed by atoms with Gasteiger partial charge in [-0.15, -0.1) is 11.8 Å². The third kappa shape index (κ3) is 5.96. The molecule has 8 heteroatoms. The van der Waals surface area contributed by atoms with E-state index in [2.05, 4.69) is 33.3 Å². The maximum absolute atomic E-state index is 9.30. The molecule has 0 aliphatic heterocycles. The molecule has 1 aromatic carbocycles. The summed E-state index contributed by atoms with van der Waals surface area (Å²) in [4.78, 5) is 13.8. The predicted octanol–water partition coefficient (Wildman–Crippen LogP) is 2.98. The standard InChI is InChI=1S/C20H26N4O2S2/c1-14-18(13-28-20-23-16-5-2-3-6-17(16)24-20)22-9-7-19(14)27-10-4-8-21-11-15(26)12-25/h2-3,5-7,9,15,21,25-26H,4,8,10-13H2,1H3,(H,23,24). The lowest BCUT2D eigenvalue weighted by Gasteiger charge is -2.11. The minimum atomic E-state index is -0.679. The number of aromatic amines is 1. The average Bonchev–Trinajstić information content (AvgIpc) is 3.13. The molecule has 4 N–H and O–H groups in total. The van der Waals surface area contributed by atoms with E-state index < -0.39 is 6.10 Å². The largest absolute Gasteiger partial charge is 0.394 e. The highest BCUT2D eigenvalue weighted by molar-refractivity contribution is 7.99. The van der Waals surface area contributed by atoms with Crippen LogP contribution >= 0.6 is 23.5 Å². The second-order valence-electron chi connectivity index (χ2n) is 6.47. The molecule has 0 fully saturated rings. The number of aliphatic hydroxyl groups excluding tert-OH is 2. The molecule has 1 unspecified atom stereocenters. The second-order valence-corrected chi connectivity index (χ2v) is 8.57. The molecule has 0 saturated heterocycles. The van der Waals surface area contributed by atoms with Crippen molar-refractivity contribution in [3.63, 3.8) is 0 Å². The molecule has 0 spiro atoms. The Morgan fingerprint density at radius 3 is 2.89 bits per heavy atom. The first-order valence-corrected chi connectivity index (χ1v) is 11.3. The first-order valence-electron chi connectivity index (χ1n) is 9.32. The quantitative estimate of drug-likeness (QED) is 0.281. The van der Waals surface area contributed by atoms with Crippen molar-refractivity contribution in [3.05, 3.63) is 47.8 Å². The smallest absolute Gasteiger partial charge is 0.166 e. The Hall–Kier alpha value is -1.58. The Bertz CT molecular complexity index is 855. The molecule has 150 valence electrons. The number of benzene rings is 1. The zero-order chi connectivity index (χ0) is 19.8. The minimum absolute atomic E-state index is 0.202. The average molecular weight is 419 g/mol. The van der Waals surface area contributed by atoms with Crippen molar-refractivity contribution in [2.45, 2.75) is 35.3 Å². The second kappa shape index (κ2) is 10.8. The lowest BCUT2D eigenvalue weighted by Crippen LogP contribution is -2.30. The molecule has 2 heterocycles. The number of thioether (sulfide) groups is 2. The van der Waals surface area contributed by atoms with Crippen LogP contribution in [-0.4, -0.2) is 56.7 Å². The van der Waals surface area contributed by atoms with Crippen molar-refractivity contribution >= 4 is 34.6 Å². The first kappa shape index (κ1) is 21.1. The zero-order valence-corrected chi connectivity index (χ0v) is 17.5. The van der Waals surface area contributed by atoms with Gasteiger partial charge in [0.1, 0.15) is 0 Å². The third-order valence-electron chi connectivity index (χ3n) is 4.32. The summed E-state index contributed by atoms with van der Waals surface area (Å²) in [5.41, 5.74) is 4.35. The first-order chi connectivity index (χ1) is 13.7. The molecule has 0 amide bonds. The van der Waals surface area contributed by atoms with Crippen LogP contribution in [0.3, 0.4) is 0 Å². The van der Waals surface area contributed by atoms with Crippen LogP contribution in [0.4, 0.5) is 0 Å². The van der Waals surface area contributed by atoms with E-state index in [9.17, 15) is 5.11 Å². The van der Waals surface area contributed by atoms with E-state index in [1.807, 2.05) is 42.2 Å². The molecule has 0 aliphatic carbocycles. The van der Waals surface area contributed by atoms with E-state index in [0.717, 1.165) is 46.4 Å². The van der Waals surface area contributed by atoms with Crippen molar-refractivity contribution in [2.75, 3.05) is 25.4 Å². The Morgan fingerprint density at radius 1 is 1.21 bits per heavy atom. The van der Waals surface area contributed by atoms with Crippen LogP contribution in [0.2, 0.25) is 0 Å². The van der Waals surface area contributed by atoms with Gasteiger partial charge in [-0.05, 0) is 49.4 Å². The molecule has 3 aromatic rings.